The standard InChI is InChI=1S/C17H30N.HI/c1-2-3-4-5-6-7-8-9-10-12-15-18-16-13-11-14-17-18;/h11,13-14,16-17H,2-10,12,15H2,1H3;1H/q+1;/p-1. The lowest BCUT2D eigenvalue weighted by Crippen LogP contribution is -3.00. The van der Waals surface area contributed by atoms with Crippen molar-refractivity contribution in [3.63, 3.8) is 0 Å². The molecule has 2 heteroatoms. The predicted molar refractivity (Wildman–Crippen MR) is 78.5 cm³/mol. The molecule has 1 aromatic rings. The van der Waals surface area contributed by atoms with Crippen LogP contribution in [0.5, 0.6) is 0 Å². The van der Waals surface area contributed by atoms with E-state index in [0.29, 0.717) is 0 Å². The maximum atomic E-state index is 2.28. The van der Waals surface area contributed by atoms with E-state index in [1.807, 2.05) is 0 Å². The fourth-order valence-corrected chi connectivity index (χ4v) is 2.37. The van der Waals surface area contributed by atoms with Gasteiger partial charge in [0.15, 0.2) is 12.4 Å². The highest BCUT2D eigenvalue weighted by Gasteiger charge is 1.97. The molecule has 0 aliphatic rings. The molecule has 0 fully saturated rings. The van der Waals surface area contributed by atoms with E-state index in [0.717, 1.165) is 0 Å². The minimum atomic E-state index is 0. The van der Waals surface area contributed by atoms with E-state index >= 15 is 0 Å². The van der Waals surface area contributed by atoms with Gasteiger partial charge in [0.1, 0.15) is 6.54 Å². The molecule has 0 spiro atoms. The van der Waals surface area contributed by atoms with Crippen molar-refractivity contribution in [3.05, 3.63) is 30.6 Å². The van der Waals surface area contributed by atoms with Crippen molar-refractivity contribution < 1.29 is 28.5 Å². The van der Waals surface area contributed by atoms with Crippen LogP contribution in [-0.4, -0.2) is 0 Å². The summed E-state index contributed by atoms with van der Waals surface area (Å²) >= 11 is 0. The number of hydrogen-bond donors (Lipinski definition) is 0. The molecular weight excluding hydrogens is 345 g/mol. The van der Waals surface area contributed by atoms with Crippen molar-refractivity contribution in [2.45, 2.75) is 77.7 Å². The first-order valence-corrected chi connectivity index (χ1v) is 7.87. The van der Waals surface area contributed by atoms with E-state index < -0.39 is 0 Å². The Hall–Kier alpha value is -0.120. The molecule has 1 aromatic heterocycles. The van der Waals surface area contributed by atoms with Gasteiger partial charge in [-0.2, -0.15) is 0 Å². The normalized spacial score (nSPS) is 10.2. The summed E-state index contributed by atoms with van der Waals surface area (Å²) in [6.07, 6.45) is 18.5. The van der Waals surface area contributed by atoms with Gasteiger partial charge in [0, 0.05) is 18.6 Å². The number of pyridine rings is 1. The molecule has 1 nitrogen and oxygen atoms in total. The van der Waals surface area contributed by atoms with Crippen molar-refractivity contribution in [2.75, 3.05) is 0 Å². The van der Waals surface area contributed by atoms with Gasteiger partial charge in [0.05, 0.1) is 0 Å². The van der Waals surface area contributed by atoms with Crippen LogP contribution in [0.1, 0.15) is 71.1 Å². The number of aryl methyl sites for hydroxylation is 1. The molecule has 1 rings (SSSR count). The van der Waals surface area contributed by atoms with Crippen LogP contribution < -0.4 is 28.5 Å². The van der Waals surface area contributed by atoms with Gasteiger partial charge in [0.2, 0.25) is 0 Å². The molecule has 110 valence electrons. The first-order chi connectivity index (χ1) is 8.93. The Morgan fingerprint density at radius 1 is 0.632 bits per heavy atom. The van der Waals surface area contributed by atoms with Crippen molar-refractivity contribution in [2.24, 2.45) is 0 Å². The SMILES string of the molecule is CCCCCCCCCCCC[n+]1ccccc1.[I-]. The number of aromatic nitrogens is 1. The molecule has 0 aliphatic heterocycles. The van der Waals surface area contributed by atoms with Crippen molar-refractivity contribution in [3.8, 4) is 0 Å². The molecule has 0 saturated carbocycles. The Morgan fingerprint density at radius 2 is 1.11 bits per heavy atom. The molecule has 0 unspecified atom stereocenters. The summed E-state index contributed by atoms with van der Waals surface area (Å²) in [5.41, 5.74) is 0. The minimum absolute atomic E-state index is 0. The van der Waals surface area contributed by atoms with E-state index in [9.17, 15) is 0 Å². The van der Waals surface area contributed by atoms with E-state index in [2.05, 4.69) is 42.1 Å². The molecule has 0 radical (unpaired) electrons. The molecule has 0 saturated heterocycles. The Kier molecular flexibility index (Phi) is 14.2. The van der Waals surface area contributed by atoms with Gasteiger partial charge in [-0.3, -0.25) is 0 Å². The lowest BCUT2D eigenvalue weighted by atomic mass is 10.1. The van der Waals surface area contributed by atoms with Crippen LogP contribution in [0.4, 0.5) is 0 Å². The van der Waals surface area contributed by atoms with Gasteiger partial charge in [-0.1, -0.05) is 64.4 Å². The highest BCUT2D eigenvalue weighted by atomic mass is 127. The van der Waals surface area contributed by atoms with Crippen LogP contribution in [0, 0.1) is 0 Å². The van der Waals surface area contributed by atoms with Crippen LogP contribution in [-0.2, 0) is 6.54 Å². The zero-order valence-corrected chi connectivity index (χ0v) is 14.6. The summed E-state index contributed by atoms with van der Waals surface area (Å²) in [7, 11) is 0. The fraction of sp³-hybridized carbons (Fsp3) is 0.706. The van der Waals surface area contributed by atoms with Gasteiger partial charge < -0.3 is 24.0 Å². The topological polar surface area (TPSA) is 3.88 Å². The number of unbranched alkanes of at least 4 members (excludes halogenated alkanes) is 9. The quantitative estimate of drug-likeness (QED) is 0.316. The van der Waals surface area contributed by atoms with Crippen molar-refractivity contribution in [1.82, 2.24) is 0 Å². The minimum Gasteiger partial charge on any atom is -1.00 e. The van der Waals surface area contributed by atoms with Gasteiger partial charge in [0.25, 0.3) is 0 Å². The smallest absolute Gasteiger partial charge is 0.168 e. The zero-order valence-electron chi connectivity index (χ0n) is 12.5. The average molecular weight is 375 g/mol. The van der Waals surface area contributed by atoms with Crippen molar-refractivity contribution >= 4 is 0 Å². The Labute approximate surface area is 136 Å². The van der Waals surface area contributed by atoms with E-state index in [1.165, 1.54) is 70.8 Å². The molecule has 0 N–H and O–H groups in total. The third-order valence-electron chi connectivity index (χ3n) is 3.55. The monoisotopic (exact) mass is 375 g/mol. The number of hydrogen-bond acceptors (Lipinski definition) is 0. The van der Waals surface area contributed by atoms with E-state index in [4.69, 9.17) is 0 Å². The van der Waals surface area contributed by atoms with Gasteiger partial charge >= 0.3 is 0 Å². The molecule has 19 heavy (non-hydrogen) atoms. The second-order valence-electron chi connectivity index (χ2n) is 5.30. The lowest BCUT2D eigenvalue weighted by molar-refractivity contribution is -0.697. The number of rotatable bonds is 11. The second kappa shape index (κ2) is 14.3. The van der Waals surface area contributed by atoms with Gasteiger partial charge in [-0.15, -0.1) is 0 Å². The summed E-state index contributed by atoms with van der Waals surface area (Å²) in [5, 5.41) is 0. The summed E-state index contributed by atoms with van der Waals surface area (Å²) < 4.78 is 2.28. The predicted octanol–water partition coefficient (Wildman–Crippen LogP) is 1.90. The number of halogens is 1. The van der Waals surface area contributed by atoms with E-state index in [-0.39, 0.29) is 24.0 Å². The third-order valence-corrected chi connectivity index (χ3v) is 3.55. The Bertz CT molecular complexity index is 274. The molecule has 0 atom stereocenters. The van der Waals surface area contributed by atoms with Gasteiger partial charge in [-0.05, 0) is 6.42 Å². The third kappa shape index (κ3) is 11.4. The average Bonchev–Trinajstić information content (AvgIpc) is 2.42. The lowest BCUT2D eigenvalue weighted by Gasteiger charge is -2.01. The van der Waals surface area contributed by atoms with Crippen LogP contribution in [0.3, 0.4) is 0 Å². The molecule has 1 heterocycles. The highest BCUT2D eigenvalue weighted by Crippen LogP contribution is 2.10. The van der Waals surface area contributed by atoms with Crippen LogP contribution in [0.15, 0.2) is 30.6 Å². The summed E-state index contributed by atoms with van der Waals surface area (Å²) in [5.74, 6) is 0. The zero-order chi connectivity index (χ0) is 12.9. The Balaban J connectivity index is 0.00000324. The maximum absolute atomic E-state index is 2.28. The van der Waals surface area contributed by atoms with Gasteiger partial charge in [-0.25, -0.2) is 4.57 Å². The fourth-order valence-electron chi connectivity index (χ4n) is 2.37. The molecule has 0 aromatic carbocycles. The first kappa shape index (κ1) is 18.9. The summed E-state index contributed by atoms with van der Waals surface area (Å²) in [6, 6.07) is 6.29. The maximum Gasteiger partial charge on any atom is 0.168 e. The molecule has 0 bridgehead atoms. The molecule has 0 amide bonds. The van der Waals surface area contributed by atoms with E-state index in [1.54, 1.807) is 0 Å². The molecular formula is C17H30IN. The second-order valence-corrected chi connectivity index (χ2v) is 5.30. The summed E-state index contributed by atoms with van der Waals surface area (Å²) in [6.45, 7) is 3.46. The summed E-state index contributed by atoms with van der Waals surface area (Å²) in [4.78, 5) is 0. The largest absolute Gasteiger partial charge is 1.00 e. The highest BCUT2D eigenvalue weighted by molar-refractivity contribution is 4.83. The van der Waals surface area contributed by atoms with Crippen LogP contribution in [0.2, 0.25) is 0 Å². The van der Waals surface area contributed by atoms with Crippen LogP contribution >= 0.6 is 0 Å². The first-order valence-electron chi connectivity index (χ1n) is 7.87. The van der Waals surface area contributed by atoms with Crippen molar-refractivity contribution in [1.29, 1.82) is 0 Å². The van der Waals surface area contributed by atoms with Crippen LogP contribution in [0.25, 0.3) is 0 Å². The molecule has 0 aliphatic carbocycles. The number of nitrogens with zero attached hydrogens (tertiary/aromatic N) is 1. The Morgan fingerprint density at radius 3 is 1.63 bits per heavy atom.